The molecule has 1 spiro atoms. The average molecular weight is 265 g/mol. The maximum absolute atomic E-state index is 12.2. The first-order valence-electron chi connectivity index (χ1n) is 7.39. The second-order valence-electron chi connectivity index (χ2n) is 7.33. The number of hydrogen-bond donors (Lipinski definition) is 1. The molecule has 2 unspecified atom stereocenters. The van der Waals surface area contributed by atoms with E-state index in [4.69, 9.17) is 5.73 Å². The smallest absolute Gasteiger partial charge is 0.346 e. The van der Waals surface area contributed by atoms with Crippen molar-refractivity contribution in [3.8, 4) is 0 Å². The summed E-state index contributed by atoms with van der Waals surface area (Å²) in [5, 5.41) is 0. The zero-order valence-electron chi connectivity index (χ0n) is 12.9. The lowest BCUT2D eigenvalue weighted by molar-refractivity contribution is 0.0179. The number of rotatable bonds is 1. The van der Waals surface area contributed by atoms with Crippen LogP contribution in [0.3, 0.4) is 0 Å². The highest BCUT2D eigenvalue weighted by molar-refractivity contribution is 6.06. The van der Waals surface area contributed by atoms with E-state index in [0.29, 0.717) is 11.8 Å². The van der Waals surface area contributed by atoms with E-state index < -0.39 is 0 Å². The fourth-order valence-corrected chi connectivity index (χ4v) is 4.13. The highest BCUT2D eigenvalue weighted by Gasteiger charge is 2.57. The van der Waals surface area contributed by atoms with Crippen molar-refractivity contribution in [1.82, 2.24) is 4.90 Å². The molecule has 0 radical (unpaired) electrons. The van der Waals surface area contributed by atoms with Gasteiger partial charge in [-0.1, -0.05) is 33.6 Å². The topological polar surface area (TPSA) is 58.7 Å². The summed E-state index contributed by atoms with van der Waals surface area (Å²) in [6.07, 6.45) is 4.42. The molecule has 2 N–H and O–H groups in total. The zero-order valence-corrected chi connectivity index (χ0v) is 12.9. The Morgan fingerprint density at radius 1 is 1.37 bits per heavy atom. The van der Waals surface area contributed by atoms with Crippen molar-refractivity contribution in [3.63, 3.8) is 0 Å². The third kappa shape index (κ3) is 2.05. The minimum Gasteiger partial charge on any atom is -0.385 e. The van der Waals surface area contributed by atoms with Gasteiger partial charge in [0.1, 0.15) is 11.4 Å². The van der Waals surface area contributed by atoms with Gasteiger partial charge in [0.25, 0.3) is 0 Å². The Bertz CT molecular complexity index is 408. The van der Waals surface area contributed by atoms with Crippen molar-refractivity contribution in [2.45, 2.75) is 71.9 Å². The van der Waals surface area contributed by atoms with Crippen LogP contribution in [-0.2, 0) is 0 Å². The van der Waals surface area contributed by atoms with Crippen LogP contribution < -0.4 is 5.73 Å². The predicted molar refractivity (Wildman–Crippen MR) is 78.1 cm³/mol. The summed E-state index contributed by atoms with van der Waals surface area (Å²) in [6, 6.07) is -0.0103. The van der Waals surface area contributed by atoms with E-state index in [2.05, 4.69) is 39.6 Å². The first kappa shape index (κ1) is 14.4. The summed E-state index contributed by atoms with van der Waals surface area (Å²) in [5.74, 6) is 0.928. The summed E-state index contributed by atoms with van der Waals surface area (Å²) in [4.78, 5) is 18.3. The third-order valence-corrected chi connectivity index (χ3v) is 4.73. The lowest BCUT2D eigenvalue weighted by Crippen LogP contribution is -2.64. The summed E-state index contributed by atoms with van der Waals surface area (Å²) in [7, 11) is 0. The molecule has 1 fully saturated rings. The molecule has 0 bridgehead atoms. The van der Waals surface area contributed by atoms with E-state index in [9.17, 15) is 4.79 Å². The first-order valence-corrected chi connectivity index (χ1v) is 7.39. The molecule has 1 aliphatic carbocycles. The molecule has 0 aromatic heterocycles. The quantitative estimate of drug-likeness (QED) is 0.791. The van der Waals surface area contributed by atoms with Crippen LogP contribution in [0.1, 0.15) is 60.3 Å². The molecule has 4 heteroatoms. The molecule has 2 rings (SSSR count). The molecule has 0 saturated heterocycles. The van der Waals surface area contributed by atoms with Gasteiger partial charge in [-0.15, -0.1) is 0 Å². The van der Waals surface area contributed by atoms with Gasteiger partial charge in [0.2, 0.25) is 0 Å². The summed E-state index contributed by atoms with van der Waals surface area (Å²) >= 11 is 0. The Labute approximate surface area is 116 Å². The van der Waals surface area contributed by atoms with Crippen molar-refractivity contribution in [1.29, 1.82) is 0 Å². The van der Waals surface area contributed by atoms with Gasteiger partial charge in [-0.2, -0.15) is 4.99 Å². The zero-order chi connectivity index (χ0) is 14.4. The molecule has 2 amide bonds. The molecule has 0 aromatic rings. The van der Waals surface area contributed by atoms with Crippen molar-refractivity contribution in [2.24, 2.45) is 22.1 Å². The third-order valence-electron chi connectivity index (χ3n) is 4.73. The van der Waals surface area contributed by atoms with Gasteiger partial charge in [0, 0.05) is 6.04 Å². The number of urea groups is 1. The molecule has 1 saturated carbocycles. The van der Waals surface area contributed by atoms with Crippen LogP contribution in [0, 0.1) is 11.3 Å². The number of carbonyl (C=O) groups is 1. The predicted octanol–water partition coefficient (Wildman–Crippen LogP) is 3.16. The molecule has 2 atom stereocenters. The van der Waals surface area contributed by atoms with E-state index in [1.54, 1.807) is 0 Å². The molecule has 19 heavy (non-hydrogen) atoms. The lowest BCUT2D eigenvalue weighted by atomic mass is 9.61. The van der Waals surface area contributed by atoms with Crippen molar-refractivity contribution in [2.75, 3.05) is 0 Å². The molecule has 0 aromatic carbocycles. The maximum Gasteiger partial charge on any atom is 0.346 e. The van der Waals surface area contributed by atoms with E-state index in [0.717, 1.165) is 19.3 Å². The van der Waals surface area contributed by atoms with Gasteiger partial charge in [0.05, 0.1) is 0 Å². The molecular weight excluding hydrogens is 238 g/mol. The van der Waals surface area contributed by atoms with E-state index in [1.165, 1.54) is 6.42 Å². The Kier molecular flexibility index (Phi) is 3.40. The van der Waals surface area contributed by atoms with Crippen LogP contribution in [0.25, 0.3) is 0 Å². The summed E-state index contributed by atoms with van der Waals surface area (Å²) in [6.45, 7) is 10.9. The standard InChI is InChI=1S/C15H27N3O/c1-10(2)18-13(19)17-12(16)15(18)9-7-6-8-11(15)14(3,4)5/h10-11H,6-9H2,1-5H3,(H2,16,17,19). The number of nitrogens with zero attached hydrogens (tertiary/aromatic N) is 2. The Balaban J connectivity index is 2.52. The highest BCUT2D eigenvalue weighted by Crippen LogP contribution is 2.50. The van der Waals surface area contributed by atoms with Crippen molar-refractivity contribution in [3.05, 3.63) is 0 Å². The number of amides is 2. The number of nitrogens with two attached hydrogens (primary N) is 1. The SMILES string of the molecule is CC(C)N1C(=O)N=C(N)C12CCCCC2C(C)(C)C. The van der Waals surface area contributed by atoms with Gasteiger partial charge >= 0.3 is 6.03 Å². The second kappa shape index (κ2) is 4.50. The van der Waals surface area contributed by atoms with Crippen LogP contribution in [0.15, 0.2) is 4.99 Å². The van der Waals surface area contributed by atoms with Gasteiger partial charge in [-0.05, 0) is 38.0 Å². The summed E-state index contributed by atoms with van der Waals surface area (Å²) < 4.78 is 0. The van der Waals surface area contributed by atoms with Crippen molar-refractivity contribution < 1.29 is 4.79 Å². The summed E-state index contributed by atoms with van der Waals surface area (Å²) in [5.41, 5.74) is 6.02. The average Bonchev–Trinajstić information content (AvgIpc) is 2.49. The fourth-order valence-electron chi connectivity index (χ4n) is 4.13. The van der Waals surface area contributed by atoms with Crippen LogP contribution >= 0.6 is 0 Å². The molecule has 1 aliphatic heterocycles. The lowest BCUT2D eigenvalue weighted by Gasteiger charge is -2.53. The minimum absolute atomic E-state index is 0.123. The minimum atomic E-state index is -0.345. The largest absolute Gasteiger partial charge is 0.385 e. The van der Waals surface area contributed by atoms with E-state index in [-0.39, 0.29) is 23.0 Å². The van der Waals surface area contributed by atoms with E-state index in [1.807, 2.05) is 4.90 Å². The number of amidine groups is 1. The molecule has 1 heterocycles. The second-order valence-corrected chi connectivity index (χ2v) is 7.33. The monoisotopic (exact) mass is 265 g/mol. The van der Waals surface area contributed by atoms with Crippen molar-refractivity contribution >= 4 is 11.9 Å². The first-order chi connectivity index (χ1) is 8.71. The van der Waals surface area contributed by atoms with Crippen LogP contribution in [-0.4, -0.2) is 28.3 Å². The van der Waals surface area contributed by atoms with Gasteiger partial charge in [0.15, 0.2) is 0 Å². The number of aliphatic imine (C=N–C) groups is 1. The number of carbonyl (C=O) groups excluding carboxylic acids is 1. The van der Waals surface area contributed by atoms with E-state index >= 15 is 0 Å². The highest BCUT2D eigenvalue weighted by atomic mass is 16.2. The van der Waals surface area contributed by atoms with Gasteiger partial charge in [-0.25, -0.2) is 4.79 Å². The normalized spacial score (nSPS) is 32.3. The Morgan fingerprint density at radius 2 is 2.00 bits per heavy atom. The maximum atomic E-state index is 12.2. The fraction of sp³-hybridized carbons (Fsp3) is 0.867. The van der Waals surface area contributed by atoms with Gasteiger partial charge in [-0.3, -0.25) is 0 Å². The Morgan fingerprint density at radius 3 is 2.53 bits per heavy atom. The van der Waals surface area contributed by atoms with Crippen LogP contribution in [0.4, 0.5) is 4.79 Å². The number of hydrogen-bond acceptors (Lipinski definition) is 2. The molecule has 4 nitrogen and oxygen atoms in total. The molecule has 2 aliphatic rings. The van der Waals surface area contributed by atoms with Crippen LogP contribution in [0.2, 0.25) is 0 Å². The molecule has 108 valence electrons. The molecular formula is C15H27N3O. The van der Waals surface area contributed by atoms with Crippen LogP contribution in [0.5, 0.6) is 0 Å². The van der Waals surface area contributed by atoms with Gasteiger partial charge < -0.3 is 10.6 Å². The Hall–Kier alpha value is -1.06.